The monoisotopic (exact) mass is 297 g/mol. The first-order chi connectivity index (χ1) is 9.83. The Hall–Kier alpha value is 0.270. The first kappa shape index (κ1) is 15.2. The zero-order chi connectivity index (χ0) is 13.8. The maximum atomic E-state index is 6.28. The lowest BCUT2D eigenvalue weighted by atomic mass is 9.73. The van der Waals surface area contributed by atoms with Gasteiger partial charge in [-0.05, 0) is 80.9 Å². The zero-order valence-corrected chi connectivity index (χ0v) is 13.9. The van der Waals surface area contributed by atoms with Crippen LogP contribution >= 0.6 is 11.8 Å². The van der Waals surface area contributed by atoms with Crippen molar-refractivity contribution in [2.45, 2.75) is 57.5 Å². The van der Waals surface area contributed by atoms with Gasteiger partial charge in [0.2, 0.25) is 0 Å². The van der Waals surface area contributed by atoms with Gasteiger partial charge >= 0.3 is 0 Å². The lowest BCUT2D eigenvalue weighted by Gasteiger charge is -2.45. The van der Waals surface area contributed by atoms with Crippen molar-refractivity contribution in [3.63, 3.8) is 0 Å². The van der Waals surface area contributed by atoms with Gasteiger partial charge in [-0.3, -0.25) is 0 Å². The molecule has 0 aromatic rings. The molecule has 0 aromatic heterocycles. The minimum Gasteiger partial charge on any atom is -0.375 e. The minimum atomic E-state index is 0.277. The van der Waals surface area contributed by atoms with Gasteiger partial charge in [0, 0.05) is 6.61 Å². The lowest BCUT2D eigenvalue weighted by molar-refractivity contribution is -0.113. The van der Waals surface area contributed by atoms with Crippen molar-refractivity contribution >= 4 is 11.8 Å². The average Bonchev–Trinajstić information content (AvgIpc) is 2.94. The predicted molar refractivity (Wildman–Crippen MR) is 87.3 cm³/mol. The number of hydrogen-bond donors (Lipinski definition) is 1. The zero-order valence-electron chi connectivity index (χ0n) is 13.0. The smallest absolute Gasteiger partial charge is 0.0701 e. The second-order valence-corrected chi connectivity index (χ2v) is 8.28. The average molecular weight is 298 g/mol. The molecule has 1 N–H and O–H groups in total. The minimum absolute atomic E-state index is 0.277. The molecule has 0 aromatic carbocycles. The Kier molecular flexibility index (Phi) is 5.33. The molecule has 3 atom stereocenters. The predicted octanol–water partition coefficient (Wildman–Crippen LogP) is 3.70. The van der Waals surface area contributed by atoms with Gasteiger partial charge in [-0.1, -0.05) is 13.3 Å². The molecule has 2 saturated heterocycles. The summed E-state index contributed by atoms with van der Waals surface area (Å²) in [6, 6.07) is 0. The van der Waals surface area contributed by atoms with E-state index in [1.807, 2.05) is 0 Å². The van der Waals surface area contributed by atoms with Crippen molar-refractivity contribution < 1.29 is 4.74 Å². The number of thioether (sulfide) groups is 1. The highest BCUT2D eigenvalue weighted by atomic mass is 32.2. The van der Waals surface area contributed by atoms with Crippen LogP contribution < -0.4 is 5.32 Å². The maximum absolute atomic E-state index is 6.28. The summed E-state index contributed by atoms with van der Waals surface area (Å²) in [5.74, 6) is 5.49. The lowest BCUT2D eigenvalue weighted by Crippen LogP contribution is -2.45. The van der Waals surface area contributed by atoms with Crippen LogP contribution in [0.25, 0.3) is 0 Å². The molecule has 2 aliphatic heterocycles. The Morgan fingerprint density at radius 3 is 2.85 bits per heavy atom. The van der Waals surface area contributed by atoms with Crippen LogP contribution in [0.3, 0.4) is 0 Å². The van der Waals surface area contributed by atoms with E-state index >= 15 is 0 Å². The number of rotatable bonds is 4. The summed E-state index contributed by atoms with van der Waals surface area (Å²) in [5.41, 5.74) is 0.277. The molecule has 3 rings (SSSR count). The van der Waals surface area contributed by atoms with E-state index in [4.69, 9.17) is 4.74 Å². The molecule has 3 heteroatoms. The van der Waals surface area contributed by atoms with Gasteiger partial charge in [0.25, 0.3) is 0 Å². The summed E-state index contributed by atoms with van der Waals surface area (Å²) in [4.78, 5) is 0. The molecule has 2 heterocycles. The van der Waals surface area contributed by atoms with Crippen molar-refractivity contribution in [1.82, 2.24) is 5.32 Å². The second-order valence-electron chi connectivity index (χ2n) is 7.06. The fraction of sp³-hybridized carbons (Fsp3) is 1.00. The normalized spacial score (nSPS) is 37.4. The standard InChI is InChI=1S/C17H31NOS/c1-2-18-13-15-4-3-5-16(15)14-6-9-19-17(12-14)7-10-20-11-8-17/h14-16,18H,2-13H2,1H3. The quantitative estimate of drug-likeness (QED) is 0.855. The molecule has 2 nitrogen and oxygen atoms in total. The molecule has 116 valence electrons. The van der Waals surface area contributed by atoms with E-state index in [9.17, 15) is 0 Å². The molecule has 3 unspecified atom stereocenters. The summed E-state index contributed by atoms with van der Waals surface area (Å²) >= 11 is 2.12. The van der Waals surface area contributed by atoms with Gasteiger partial charge in [0.15, 0.2) is 0 Å². The molecule has 3 fully saturated rings. The number of hydrogen-bond acceptors (Lipinski definition) is 3. The number of ether oxygens (including phenoxy) is 1. The van der Waals surface area contributed by atoms with E-state index in [-0.39, 0.29) is 5.60 Å². The molecule has 20 heavy (non-hydrogen) atoms. The van der Waals surface area contributed by atoms with Crippen molar-refractivity contribution in [1.29, 1.82) is 0 Å². The largest absolute Gasteiger partial charge is 0.375 e. The molecule has 0 amide bonds. The Morgan fingerprint density at radius 1 is 1.20 bits per heavy atom. The van der Waals surface area contributed by atoms with Crippen LogP contribution in [0.4, 0.5) is 0 Å². The van der Waals surface area contributed by atoms with Crippen molar-refractivity contribution in [2.75, 3.05) is 31.2 Å². The highest BCUT2D eigenvalue weighted by molar-refractivity contribution is 7.99. The van der Waals surface area contributed by atoms with Gasteiger partial charge in [-0.15, -0.1) is 0 Å². The number of nitrogens with one attached hydrogen (secondary N) is 1. The molecular formula is C17H31NOS. The summed E-state index contributed by atoms with van der Waals surface area (Å²) in [6.07, 6.45) is 9.69. The summed E-state index contributed by atoms with van der Waals surface area (Å²) in [6.45, 7) is 5.63. The second kappa shape index (κ2) is 7.02. The van der Waals surface area contributed by atoms with Crippen LogP contribution in [0.5, 0.6) is 0 Å². The third-order valence-electron chi connectivity index (χ3n) is 5.92. The van der Waals surface area contributed by atoms with Crippen molar-refractivity contribution in [2.24, 2.45) is 17.8 Å². The van der Waals surface area contributed by atoms with Gasteiger partial charge < -0.3 is 10.1 Å². The van der Waals surface area contributed by atoms with E-state index in [1.54, 1.807) is 0 Å². The van der Waals surface area contributed by atoms with Gasteiger partial charge in [-0.25, -0.2) is 0 Å². The molecule has 1 spiro atoms. The molecule has 1 aliphatic carbocycles. The Balaban J connectivity index is 1.60. The molecule has 3 aliphatic rings. The van der Waals surface area contributed by atoms with Gasteiger partial charge in [0.05, 0.1) is 5.60 Å². The summed E-state index contributed by atoms with van der Waals surface area (Å²) in [5, 5.41) is 3.60. The van der Waals surface area contributed by atoms with Crippen molar-refractivity contribution in [3.05, 3.63) is 0 Å². The third kappa shape index (κ3) is 3.36. The molecular weight excluding hydrogens is 266 g/mol. The Morgan fingerprint density at radius 2 is 2.05 bits per heavy atom. The first-order valence-electron chi connectivity index (χ1n) is 8.75. The topological polar surface area (TPSA) is 21.3 Å². The van der Waals surface area contributed by atoms with Crippen LogP contribution in [-0.4, -0.2) is 36.8 Å². The van der Waals surface area contributed by atoms with E-state index in [0.717, 1.165) is 30.9 Å². The van der Waals surface area contributed by atoms with Crippen molar-refractivity contribution in [3.8, 4) is 0 Å². The van der Waals surface area contributed by atoms with E-state index in [0.29, 0.717) is 0 Å². The maximum Gasteiger partial charge on any atom is 0.0701 e. The first-order valence-corrected chi connectivity index (χ1v) is 9.91. The van der Waals surface area contributed by atoms with Gasteiger partial charge in [0.1, 0.15) is 0 Å². The van der Waals surface area contributed by atoms with Gasteiger partial charge in [-0.2, -0.15) is 11.8 Å². The Labute approximate surface area is 128 Å². The Bertz CT molecular complexity index is 298. The van der Waals surface area contributed by atoms with E-state index < -0.39 is 0 Å². The highest BCUT2D eigenvalue weighted by Gasteiger charge is 2.43. The third-order valence-corrected chi connectivity index (χ3v) is 6.90. The fourth-order valence-corrected chi connectivity index (χ4v) is 6.03. The van der Waals surface area contributed by atoms with E-state index in [1.165, 1.54) is 63.0 Å². The molecule has 0 radical (unpaired) electrons. The fourth-order valence-electron chi connectivity index (χ4n) is 4.79. The molecule has 1 saturated carbocycles. The summed E-state index contributed by atoms with van der Waals surface area (Å²) < 4.78 is 6.28. The molecule has 0 bridgehead atoms. The summed E-state index contributed by atoms with van der Waals surface area (Å²) in [7, 11) is 0. The van der Waals surface area contributed by atoms with Crippen LogP contribution in [-0.2, 0) is 4.74 Å². The SMILES string of the molecule is CCNCC1CCCC1C1CCOC2(CCSCC2)C1. The van der Waals surface area contributed by atoms with E-state index in [2.05, 4.69) is 24.0 Å². The van der Waals surface area contributed by atoms with Crippen LogP contribution in [0, 0.1) is 17.8 Å². The highest BCUT2D eigenvalue weighted by Crippen LogP contribution is 2.47. The van der Waals surface area contributed by atoms with Crippen LogP contribution in [0.15, 0.2) is 0 Å². The van der Waals surface area contributed by atoms with Crippen LogP contribution in [0.2, 0.25) is 0 Å². The van der Waals surface area contributed by atoms with Crippen LogP contribution in [0.1, 0.15) is 51.9 Å².